The smallest absolute Gasteiger partial charge is 0.240 e. The zero-order valence-electron chi connectivity index (χ0n) is 12.2. The van der Waals surface area contributed by atoms with Crippen LogP contribution < -0.4 is 10.2 Å². The maximum Gasteiger partial charge on any atom is 0.240 e. The Bertz CT molecular complexity index is 454. The predicted octanol–water partition coefficient (Wildman–Crippen LogP) is 2.83. The Kier molecular flexibility index (Phi) is 4.59. The number of hydrogen-bond acceptors (Lipinski definition) is 2. The van der Waals surface area contributed by atoms with Crippen molar-refractivity contribution in [3.8, 4) is 0 Å². The van der Waals surface area contributed by atoms with E-state index in [1.54, 1.807) is 0 Å². The van der Waals surface area contributed by atoms with Crippen molar-refractivity contribution in [2.75, 3.05) is 24.5 Å². The molecule has 0 saturated carbocycles. The van der Waals surface area contributed by atoms with Crippen molar-refractivity contribution in [3.05, 3.63) is 29.3 Å². The number of nitrogens with zero attached hydrogens (tertiary/aromatic N) is 1. The summed E-state index contributed by atoms with van der Waals surface area (Å²) in [6.07, 6.45) is 2.19. The molecule has 19 heavy (non-hydrogen) atoms. The molecule has 1 N–H and O–H groups in total. The number of benzene rings is 1. The van der Waals surface area contributed by atoms with Gasteiger partial charge in [-0.15, -0.1) is 0 Å². The first kappa shape index (κ1) is 14.1. The molecule has 0 aliphatic carbocycles. The van der Waals surface area contributed by atoms with Crippen LogP contribution in [0.2, 0.25) is 0 Å². The van der Waals surface area contributed by atoms with Gasteiger partial charge in [-0.1, -0.05) is 32.0 Å². The SMILES string of the molecule is Cc1cccc(C(C)C)c1N1CCCCNCC1=O. The van der Waals surface area contributed by atoms with Crippen LogP contribution in [0.4, 0.5) is 5.69 Å². The number of aryl methyl sites for hydroxylation is 1. The van der Waals surface area contributed by atoms with E-state index in [9.17, 15) is 4.79 Å². The van der Waals surface area contributed by atoms with Crippen molar-refractivity contribution in [1.82, 2.24) is 5.32 Å². The van der Waals surface area contributed by atoms with Crippen molar-refractivity contribution in [3.63, 3.8) is 0 Å². The highest BCUT2D eigenvalue weighted by molar-refractivity contribution is 5.96. The number of carbonyl (C=O) groups is 1. The lowest BCUT2D eigenvalue weighted by Crippen LogP contribution is -2.42. The highest BCUT2D eigenvalue weighted by Gasteiger charge is 2.22. The number of nitrogens with one attached hydrogen (secondary N) is 1. The van der Waals surface area contributed by atoms with E-state index in [1.165, 1.54) is 11.1 Å². The fourth-order valence-corrected chi connectivity index (χ4v) is 2.69. The number of hydrogen-bond donors (Lipinski definition) is 1. The molecule has 1 aliphatic heterocycles. The van der Waals surface area contributed by atoms with E-state index < -0.39 is 0 Å². The number of carbonyl (C=O) groups excluding carboxylic acids is 1. The van der Waals surface area contributed by atoms with Crippen LogP contribution in [0.15, 0.2) is 18.2 Å². The summed E-state index contributed by atoms with van der Waals surface area (Å²) in [4.78, 5) is 14.3. The minimum absolute atomic E-state index is 0.191. The van der Waals surface area contributed by atoms with Crippen LogP contribution in [-0.2, 0) is 4.79 Å². The van der Waals surface area contributed by atoms with Gasteiger partial charge in [0.05, 0.1) is 12.2 Å². The molecule has 1 aliphatic rings. The van der Waals surface area contributed by atoms with Gasteiger partial charge < -0.3 is 10.2 Å². The van der Waals surface area contributed by atoms with Crippen molar-refractivity contribution in [2.24, 2.45) is 0 Å². The van der Waals surface area contributed by atoms with Gasteiger partial charge in [-0.05, 0) is 43.4 Å². The summed E-state index contributed by atoms with van der Waals surface area (Å²) >= 11 is 0. The molecule has 3 heteroatoms. The first-order valence-corrected chi connectivity index (χ1v) is 7.22. The van der Waals surface area contributed by atoms with Gasteiger partial charge in [0.1, 0.15) is 0 Å². The van der Waals surface area contributed by atoms with Crippen molar-refractivity contribution in [2.45, 2.75) is 39.5 Å². The van der Waals surface area contributed by atoms with E-state index in [0.717, 1.165) is 31.6 Å². The third-order valence-electron chi connectivity index (χ3n) is 3.72. The number of amides is 1. The predicted molar refractivity (Wildman–Crippen MR) is 79.7 cm³/mol. The third-order valence-corrected chi connectivity index (χ3v) is 3.72. The van der Waals surface area contributed by atoms with Crippen LogP contribution in [0.25, 0.3) is 0 Å². The normalized spacial score (nSPS) is 17.5. The first-order valence-electron chi connectivity index (χ1n) is 7.22. The van der Waals surface area contributed by atoms with Crippen molar-refractivity contribution in [1.29, 1.82) is 0 Å². The minimum Gasteiger partial charge on any atom is -0.311 e. The Morgan fingerprint density at radius 3 is 2.79 bits per heavy atom. The summed E-state index contributed by atoms with van der Waals surface area (Å²) in [5, 5.41) is 3.21. The van der Waals surface area contributed by atoms with Crippen molar-refractivity contribution < 1.29 is 4.79 Å². The van der Waals surface area contributed by atoms with E-state index in [0.29, 0.717) is 12.5 Å². The highest BCUT2D eigenvalue weighted by Crippen LogP contribution is 2.31. The Labute approximate surface area is 116 Å². The second kappa shape index (κ2) is 6.20. The number of anilines is 1. The van der Waals surface area contributed by atoms with E-state index in [2.05, 4.69) is 44.3 Å². The molecule has 2 rings (SSSR count). The minimum atomic E-state index is 0.191. The fraction of sp³-hybridized carbons (Fsp3) is 0.562. The quantitative estimate of drug-likeness (QED) is 0.887. The Morgan fingerprint density at radius 1 is 1.26 bits per heavy atom. The molecule has 0 aromatic heterocycles. The zero-order valence-corrected chi connectivity index (χ0v) is 12.2. The van der Waals surface area contributed by atoms with Gasteiger partial charge in [0.15, 0.2) is 0 Å². The Balaban J connectivity index is 2.40. The average Bonchev–Trinajstić information content (AvgIpc) is 2.35. The second-order valence-electron chi connectivity index (χ2n) is 5.60. The lowest BCUT2D eigenvalue weighted by atomic mass is 9.97. The van der Waals surface area contributed by atoms with Gasteiger partial charge in [-0.25, -0.2) is 0 Å². The van der Waals surface area contributed by atoms with E-state index in [4.69, 9.17) is 0 Å². The summed E-state index contributed by atoms with van der Waals surface area (Å²) in [7, 11) is 0. The molecular formula is C16H24N2O. The summed E-state index contributed by atoms with van der Waals surface area (Å²) < 4.78 is 0. The van der Waals surface area contributed by atoms with Gasteiger partial charge in [0.2, 0.25) is 5.91 Å². The number of para-hydroxylation sites is 1. The average molecular weight is 260 g/mol. The van der Waals surface area contributed by atoms with Crippen LogP contribution in [0.3, 0.4) is 0 Å². The third kappa shape index (κ3) is 3.16. The second-order valence-corrected chi connectivity index (χ2v) is 5.60. The monoisotopic (exact) mass is 260 g/mol. The van der Waals surface area contributed by atoms with E-state index in [1.807, 2.05) is 4.90 Å². The van der Waals surface area contributed by atoms with Crippen LogP contribution >= 0.6 is 0 Å². The molecule has 0 unspecified atom stereocenters. The lowest BCUT2D eigenvalue weighted by molar-refractivity contribution is -0.118. The maximum atomic E-state index is 12.4. The summed E-state index contributed by atoms with van der Waals surface area (Å²) in [6.45, 7) is 8.71. The van der Waals surface area contributed by atoms with Gasteiger partial charge in [-0.3, -0.25) is 4.79 Å². The molecule has 104 valence electrons. The van der Waals surface area contributed by atoms with Gasteiger partial charge >= 0.3 is 0 Å². The lowest BCUT2D eigenvalue weighted by Gasteiger charge is -2.30. The Morgan fingerprint density at radius 2 is 2.05 bits per heavy atom. The Hall–Kier alpha value is -1.35. The van der Waals surface area contributed by atoms with E-state index in [-0.39, 0.29) is 5.91 Å². The topological polar surface area (TPSA) is 32.3 Å². The molecule has 1 heterocycles. The molecule has 0 bridgehead atoms. The summed E-state index contributed by atoms with van der Waals surface area (Å²) in [5.41, 5.74) is 3.60. The largest absolute Gasteiger partial charge is 0.311 e. The molecule has 0 radical (unpaired) electrons. The molecule has 3 nitrogen and oxygen atoms in total. The fourth-order valence-electron chi connectivity index (χ4n) is 2.69. The highest BCUT2D eigenvalue weighted by atomic mass is 16.2. The molecule has 1 fully saturated rings. The maximum absolute atomic E-state index is 12.4. The standard InChI is InChI=1S/C16H24N2O/c1-12(2)14-8-6-7-13(3)16(14)18-10-5-4-9-17-11-15(18)19/h6-8,12,17H,4-5,9-11H2,1-3H3. The van der Waals surface area contributed by atoms with Crippen LogP contribution in [-0.4, -0.2) is 25.5 Å². The van der Waals surface area contributed by atoms with Gasteiger partial charge in [0.25, 0.3) is 0 Å². The van der Waals surface area contributed by atoms with Crippen LogP contribution in [0, 0.1) is 6.92 Å². The van der Waals surface area contributed by atoms with Crippen molar-refractivity contribution >= 4 is 11.6 Å². The van der Waals surface area contributed by atoms with E-state index >= 15 is 0 Å². The summed E-state index contributed by atoms with van der Waals surface area (Å²) in [6, 6.07) is 6.33. The number of rotatable bonds is 2. The molecule has 1 aromatic carbocycles. The molecule has 1 amide bonds. The molecule has 1 saturated heterocycles. The molecule has 0 spiro atoms. The molecular weight excluding hydrogens is 236 g/mol. The molecule has 1 aromatic rings. The van der Waals surface area contributed by atoms with Crippen LogP contribution in [0.1, 0.15) is 43.7 Å². The molecule has 0 atom stereocenters. The van der Waals surface area contributed by atoms with Gasteiger partial charge in [-0.2, -0.15) is 0 Å². The zero-order chi connectivity index (χ0) is 13.8. The summed E-state index contributed by atoms with van der Waals surface area (Å²) in [5.74, 6) is 0.622. The van der Waals surface area contributed by atoms with Gasteiger partial charge in [0, 0.05) is 6.54 Å². The van der Waals surface area contributed by atoms with Crippen LogP contribution in [0.5, 0.6) is 0 Å². The first-order chi connectivity index (χ1) is 9.11.